The molecule has 1 rings (SSSR count). The Labute approximate surface area is 110 Å². The van der Waals surface area contributed by atoms with E-state index in [-0.39, 0.29) is 18.0 Å². The number of nitro groups is 1. The molecule has 0 aliphatic rings. The van der Waals surface area contributed by atoms with Crippen molar-refractivity contribution in [3.8, 4) is 5.75 Å². The molecule has 0 aliphatic carbocycles. The lowest BCUT2D eigenvalue weighted by atomic mass is 10.1. The van der Waals surface area contributed by atoms with Gasteiger partial charge in [0.2, 0.25) is 0 Å². The van der Waals surface area contributed by atoms with Gasteiger partial charge in [-0.05, 0) is 19.9 Å². The number of carbonyl (C=O) groups excluding carboxylic acids is 1. The molecule has 0 aliphatic heterocycles. The van der Waals surface area contributed by atoms with Crippen LogP contribution in [0.3, 0.4) is 0 Å². The van der Waals surface area contributed by atoms with E-state index in [0.29, 0.717) is 5.56 Å². The van der Waals surface area contributed by atoms with E-state index in [9.17, 15) is 14.9 Å². The lowest BCUT2D eigenvalue weighted by Gasteiger charge is -2.21. The number of para-hydroxylation sites is 1. The van der Waals surface area contributed by atoms with E-state index in [2.05, 4.69) is 4.74 Å². The average Bonchev–Trinajstić information content (AvgIpc) is 2.34. The van der Waals surface area contributed by atoms with E-state index in [4.69, 9.17) is 10.5 Å². The van der Waals surface area contributed by atoms with Crippen molar-refractivity contribution in [3.63, 3.8) is 0 Å². The summed E-state index contributed by atoms with van der Waals surface area (Å²) in [5, 5.41) is 11.0. The van der Waals surface area contributed by atoms with Crippen LogP contribution in [0.15, 0.2) is 18.2 Å². The normalized spacial score (nSPS) is 13.5. The van der Waals surface area contributed by atoms with Gasteiger partial charge < -0.3 is 15.2 Å². The van der Waals surface area contributed by atoms with Crippen LogP contribution in [0.25, 0.3) is 0 Å². The topological polar surface area (TPSA) is 105 Å². The summed E-state index contributed by atoms with van der Waals surface area (Å²) >= 11 is 0. The Morgan fingerprint density at radius 2 is 2.16 bits per heavy atom. The van der Waals surface area contributed by atoms with Crippen LogP contribution in [0, 0.1) is 17.0 Å². The zero-order valence-electron chi connectivity index (χ0n) is 11.0. The molecule has 1 unspecified atom stereocenters. The fourth-order valence-corrected chi connectivity index (χ4v) is 1.50. The van der Waals surface area contributed by atoms with Crippen molar-refractivity contribution in [2.75, 3.05) is 13.7 Å². The molecule has 7 nitrogen and oxygen atoms in total. The lowest BCUT2D eigenvalue weighted by Crippen LogP contribution is -2.50. The largest absolute Gasteiger partial charge is 0.484 e. The van der Waals surface area contributed by atoms with Crippen LogP contribution in [-0.2, 0) is 9.53 Å². The Morgan fingerprint density at radius 1 is 1.53 bits per heavy atom. The number of nitrogens with zero attached hydrogens (tertiary/aromatic N) is 1. The molecule has 0 aromatic heterocycles. The number of aryl methyl sites for hydroxylation is 1. The van der Waals surface area contributed by atoms with E-state index >= 15 is 0 Å². The Bertz CT molecular complexity index is 499. The van der Waals surface area contributed by atoms with Gasteiger partial charge in [0.1, 0.15) is 12.1 Å². The fourth-order valence-electron chi connectivity index (χ4n) is 1.50. The Morgan fingerprint density at radius 3 is 2.68 bits per heavy atom. The molecule has 2 N–H and O–H groups in total. The van der Waals surface area contributed by atoms with Crippen molar-refractivity contribution in [1.82, 2.24) is 0 Å². The quantitative estimate of drug-likeness (QED) is 0.488. The number of benzene rings is 1. The first kappa shape index (κ1) is 14.9. The maximum Gasteiger partial charge on any atom is 0.329 e. The molecule has 0 fully saturated rings. The van der Waals surface area contributed by atoms with Gasteiger partial charge in [-0.1, -0.05) is 12.1 Å². The molecule has 0 radical (unpaired) electrons. The van der Waals surface area contributed by atoms with Gasteiger partial charge in [0.25, 0.3) is 0 Å². The highest BCUT2D eigenvalue weighted by Crippen LogP contribution is 2.30. The van der Waals surface area contributed by atoms with Crippen LogP contribution in [0.4, 0.5) is 5.69 Å². The first-order valence-electron chi connectivity index (χ1n) is 5.53. The van der Waals surface area contributed by atoms with Crippen LogP contribution < -0.4 is 10.5 Å². The second-order valence-corrected chi connectivity index (χ2v) is 4.38. The van der Waals surface area contributed by atoms with Crippen LogP contribution >= 0.6 is 0 Å². The molecular formula is C12H16N2O5. The molecule has 19 heavy (non-hydrogen) atoms. The molecular weight excluding hydrogens is 252 g/mol. The molecule has 104 valence electrons. The number of esters is 1. The van der Waals surface area contributed by atoms with Gasteiger partial charge in [0, 0.05) is 5.56 Å². The molecule has 0 saturated heterocycles. The summed E-state index contributed by atoms with van der Waals surface area (Å²) in [6, 6.07) is 4.69. The lowest BCUT2D eigenvalue weighted by molar-refractivity contribution is -0.386. The van der Waals surface area contributed by atoms with Gasteiger partial charge in [0.05, 0.1) is 12.0 Å². The Kier molecular flexibility index (Phi) is 4.44. The molecule has 0 spiro atoms. The third kappa shape index (κ3) is 3.41. The van der Waals surface area contributed by atoms with Crippen molar-refractivity contribution in [2.45, 2.75) is 19.4 Å². The number of carbonyl (C=O) groups is 1. The summed E-state index contributed by atoms with van der Waals surface area (Å²) in [4.78, 5) is 21.8. The van der Waals surface area contributed by atoms with Crippen molar-refractivity contribution < 1.29 is 19.2 Å². The number of ether oxygens (including phenoxy) is 2. The highest BCUT2D eigenvalue weighted by atomic mass is 16.6. The van der Waals surface area contributed by atoms with Gasteiger partial charge in [-0.3, -0.25) is 10.1 Å². The van der Waals surface area contributed by atoms with Crippen molar-refractivity contribution in [3.05, 3.63) is 33.9 Å². The Hall–Kier alpha value is -2.15. The molecule has 0 amide bonds. The first-order valence-corrected chi connectivity index (χ1v) is 5.53. The molecule has 0 heterocycles. The zero-order valence-corrected chi connectivity index (χ0v) is 11.0. The summed E-state index contributed by atoms with van der Waals surface area (Å²) < 4.78 is 9.83. The molecule has 7 heteroatoms. The number of rotatable bonds is 5. The Balaban J connectivity index is 2.93. The van der Waals surface area contributed by atoms with E-state index in [0.717, 1.165) is 0 Å². The highest BCUT2D eigenvalue weighted by Gasteiger charge is 2.31. The number of nitrogens with two attached hydrogens (primary N) is 1. The summed E-state index contributed by atoms with van der Waals surface area (Å²) in [6.45, 7) is 2.82. The van der Waals surface area contributed by atoms with Gasteiger partial charge in [0.15, 0.2) is 5.75 Å². The van der Waals surface area contributed by atoms with Crippen LogP contribution in [0.5, 0.6) is 5.75 Å². The monoisotopic (exact) mass is 268 g/mol. The number of nitro benzene ring substituents is 1. The van der Waals surface area contributed by atoms with Crippen LogP contribution in [-0.4, -0.2) is 30.1 Å². The standard InChI is InChI=1S/C12H16N2O5/c1-8-5-4-6-9(10(8)14(16)17)19-7-12(2,13)11(15)18-3/h4-6H,7,13H2,1-3H3. The summed E-state index contributed by atoms with van der Waals surface area (Å²) in [7, 11) is 1.21. The van der Waals surface area contributed by atoms with Crippen molar-refractivity contribution >= 4 is 11.7 Å². The molecule has 0 saturated carbocycles. The number of methoxy groups -OCH3 is 1. The van der Waals surface area contributed by atoms with Crippen LogP contribution in [0.1, 0.15) is 12.5 Å². The van der Waals surface area contributed by atoms with Crippen molar-refractivity contribution in [2.24, 2.45) is 5.73 Å². The van der Waals surface area contributed by atoms with Crippen molar-refractivity contribution in [1.29, 1.82) is 0 Å². The highest BCUT2D eigenvalue weighted by molar-refractivity contribution is 5.80. The van der Waals surface area contributed by atoms with E-state index < -0.39 is 16.4 Å². The van der Waals surface area contributed by atoms with Gasteiger partial charge >= 0.3 is 11.7 Å². The summed E-state index contributed by atoms with van der Waals surface area (Å²) in [5.41, 5.74) is 4.68. The minimum absolute atomic E-state index is 0.0746. The minimum Gasteiger partial charge on any atom is -0.484 e. The molecule has 1 aromatic rings. The number of hydrogen-bond acceptors (Lipinski definition) is 6. The summed E-state index contributed by atoms with van der Waals surface area (Å²) in [5.74, 6) is -0.576. The molecule has 0 bridgehead atoms. The maximum absolute atomic E-state index is 11.4. The predicted octanol–water partition coefficient (Wildman–Crippen LogP) is 1.17. The average molecular weight is 268 g/mol. The second-order valence-electron chi connectivity index (χ2n) is 4.38. The first-order chi connectivity index (χ1) is 8.79. The molecule has 1 atom stereocenters. The summed E-state index contributed by atoms with van der Waals surface area (Å²) in [6.07, 6.45) is 0. The second kappa shape index (κ2) is 5.66. The van der Waals surface area contributed by atoms with E-state index in [1.54, 1.807) is 19.1 Å². The third-order valence-corrected chi connectivity index (χ3v) is 2.56. The molecule has 1 aromatic carbocycles. The smallest absolute Gasteiger partial charge is 0.329 e. The van der Waals surface area contributed by atoms with Gasteiger partial charge in [-0.15, -0.1) is 0 Å². The fraction of sp³-hybridized carbons (Fsp3) is 0.417. The minimum atomic E-state index is -1.37. The number of hydrogen-bond donors (Lipinski definition) is 1. The van der Waals surface area contributed by atoms with E-state index in [1.165, 1.54) is 20.1 Å². The maximum atomic E-state index is 11.4. The van der Waals surface area contributed by atoms with Gasteiger partial charge in [-0.25, -0.2) is 4.79 Å². The van der Waals surface area contributed by atoms with Gasteiger partial charge in [-0.2, -0.15) is 0 Å². The zero-order chi connectivity index (χ0) is 14.6. The third-order valence-electron chi connectivity index (χ3n) is 2.56. The SMILES string of the molecule is COC(=O)C(C)(N)COc1cccc(C)c1[N+](=O)[O-]. The van der Waals surface area contributed by atoms with Crippen LogP contribution in [0.2, 0.25) is 0 Å². The predicted molar refractivity (Wildman–Crippen MR) is 67.9 cm³/mol. The van der Waals surface area contributed by atoms with E-state index in [1.807, 2.05) is 0 Å².